The first kappa shape index (κ1) is 19.3. The molecule has 0 aliphatic carbocycles. The molecule has 0 N–H and O–H groups in total. The van der Waals surface area contributed by atoms with Crippen molar-refractivity contribution in [2.45, 2.75) is 33.6 Å². The number of quaternary nitrogens is 1. The number of hydrogen-bond donors (Lipinski definition) is 0. The smallest absolute Gasteiger partial charge is 0.311 e. The Hall–Kier alpha value is -0.660. The fourth-order valence-electron chi connectivity index (χ4n) is 1.51. The Morgan fingerprint density at radius 2 is 1.80 bits per heavy atom. The van der Waals surface area contributed by atoms with Crippen LogP contribution in [0.15, 0.2) is 0 Å². The van der Waals surface area contributed by atoms with Crippen LogP contribution < -0.4 is 0 Å². The van der Waals surface area contributed by atoms with E-state index >= 15 is 0 Å². The molecule has 0 unspecified atom stereocenters. The number of nitrogens with zero attached hydrogens (tertiary/aromatic N) is 1. The number of rotatable bonds is 9. The summed E-state index contributed by atoms with van der Waals surface area (Å²) in [6.07, 6.45) is 1.03. The van der Waals surface area contributed by atoms with Crippen molar-refractivity contribution in [1.82, 2.24) is 0 Å². The van der Waals surface area contributed by atoms with Crippen LogP contribution in [0.4, 0.5) is 0 Å². The zero-order chi connectivity index (χ0) is 16.0. The van der Waals surface area contributed by atoms with Gasteiger partial charge in [0.25, 0.3) is 0 Å². The summed E-state index contributed by atoms with van der Waals surface area (Å²) in [5.74, 6) is -0.570. The minimum atomic E-state index is -4.15. The molecule has 0 spiro atoms. The van der Waals surface area contributed by atoms with E-state index in [-0.39, 0.29) is 11.7 Å². The normalized spacial score (nSPS) is 13.3. The second-order valence-corrected chi connectivity index (χ2v) is 7.90. The van der Waals surface area contributed by atoms with Gasteiger partial charge in [-0.15, -0.1) is 0 Å². The van der Waals surface area contributed by atoms with Gasteiger partial charge in [-0.1, -0.05) is 6.92 Å². The monoisotopic (exact) mass is 309 g/mol. The van der Waals surface area contributed by atoms with Crippen LogP contribution in [-0.4, -0.2) is 63.0 Å². The van der Waals surface area contributed by atoms with Crippen LogP contribution in [0.5, 0.6) is 0 Å². The zero-order valence-corrected chi connectivity index (χ0v) is 14.0. The Morgan fingerprint density at radius 3 is 2.25 bits per heavy atom. The largest absolute Gasteiger partial charge is 0.748 e. The number of likely N-dealkylation sites (N-methyl/N-ethyl adjacent to an activating group) is 1. The summed E-state index contributed by atoms with van der Waals surface area (Å²) >= 11 is 0. The van der Waals surface area contributed by atoms with Crippen molar-refractivity contribution in [3.63, 3.8) is 0 Å². The van der Waals surface area contributed by atoms with Gasteiger partial charge in [-0.2, -0.15) is 0 Å². The molecule has 0 amide bonds. The molecule has 0 rings (SSSR count). The van der Waals surface area contributed by atoms with Gasteiger partial charge in [-0.3, -0.25) is 4.79 Å². The minimum Gasteiger partial charge on any atom is -0.748 e. The first-order valence-corrected chi connectivity index (χ1v) is 8.40. The fraction of sp³-hybridized carbons (Fsp3) is 0.923. The van der Waals surface area contributed by atoms with Crippen LogP contribution in [0.1, 0.15) is 33.6 Å². The molecule has 20 heavy (non-hydrogen) atoms. The molecule has 0 aromatic rings. The molecule has 0 aromatic heterocycles. The maximum Gasteiger partial charge on any atom is 0.311 e. The quantitative estimate of drug-likeness (QED) is 0.360. The number of hydrogen-bond acceptors (Lipinski definition) is 5. The fourth-order valence-corrected chi connectivity index (χ4v) is 1.99. The molecule has 0 aromatic carbocycles. The summed E-state index contributed by atoms with van der Waals surface area (Å²) in [5, 5.41) is 0. The van der Waals surface area contributed by atoms with Crippen molar-refractivity contribution in [3.05, 3.63) is 0 Å². The van der Waals surface area contributed by atoms with Gasteiger partial charge >= 0.3 is 5.97 Å². The highest BCUT2D eigenvalue weighted by atomic mass is 32.2. The number of esters is 1. The molecule has 7 heteroatoms. The van der Waals surface area contributed by atoms with Crippen molar-refractivity contribution < 1.29 is 27.0 Å². The van der Waals surface area contributed by atoms with Crippen LogP contribution in [0.2, 0.25) is 0 Å². The predicted molar refractivity (Wildman–Crippen MR) is 76.1 cm³/mol. The van der Waals surface area contributed by atoms with Gasteiger partial charge in [0.15, 0.2) is 0 Å². The van der Waals surface area contributed by atoms with Crippen LogP contribution in [0, 0.1) is 5.41 Å². The summed E-state index contributed by atoms with van der Waals surface area (Å²) in [7, 11) is -0.323. The number of carbonyl (C=O) groups is 1. The molecule has 0 aliphatic rings. The van der Waals surface area contributed by atoms with Crippen LogP contribution in [0.25, 0.3) is 0 Å². The second kappa shape index (κ2) is 7.38. The van der Waals surface area contributed by atoms with Gasteiger partial charge in [-0.25, -0.2) is 8.42 Å². The average Bonchev–Trinajstić information content (AvgIpc) is 2.26. The third-order valence-corrected chi connectivity index (χ3v) is 4.31. The first-order chi connectivity index (χ1) is 8.90. The van der Waals surface area contributed by atoms with Gasteiger partial charge in [-0.05, 0) is 20.3 Å². The molecule has 0 saturated carbocycles. The van der Waals surface area contributed by atoms with Gasteiger partial charge in [0.1, 0.15) is 13.2 Å². The Labute approximate surface area is 122 Å². The molecular formula is C13H27NO5S. The average molecular weight is 309 g/mol. The van der Waals surface area contributed by atoms with E-state index < -0.39 is 15.5 Å². The Bertz CT molecular complexity index is 414. The lowest BCUT2D eigenvalue weighted by Crippen LogP contribution is -2.44. The van der Waals surface area contributed by atoms with E-state index in [2.05, 4.69) is 0 Å². The van der Waals surface area contributed by atoms with Gasteiger partial charge < -0.3 is 13.8 Å². The zero-order valence-electron chi connectivity index (χ0n) is 13.1. The van der Waals surface area contributed by atoms with Crippen molar-refractivity contribution in [2.24, 2.45) is 5.41 Å². The van der Waals surface area contributed by atoms with E-state index in [1.54, 1.807) is 0 Å². The Balaban J connectivity index is 4.08. The van der Waals surface area contributed by atoms with Gasteiger partial charge in [0.2, 0.25) is 0 Å². The molecule has 0 bridgehead atoms. The van der Waals surface area contributed by atoms with E-state index in [0.29, 0.717) is 37.0 Å². The van der Waals surface area contributed by atoms with E-state index in [0.717, 1.165) is 0 Å². The Morgan fingerprint density at radius 1 is 1.25 bits per heavy atom. The van der Waals surface area contributed by atoms with E-state index in [9.17, 15) is 17.8 Å². The summed E-state index contributed by atoms with van der Waals surface area (Å²) in [4.78, 5) is 11.8. The van der Waals surface area contributed by atoms with Gasteiger partial charge in [0.05, 0.1) is 36.2 Å². The molecule has 0 fully saturated rings. The maximum atomic E-state index is 11.8. The lowest BCUT2D eigenvalue weighted by atomic mass is 9.91. The summed E-state index contributed by atoms with van der Waals surface area (Å²) in [6, 6.07) is 0. The third-order valence-electron chi connectivity index (χ3n) is 3.52. The van der Waals surface area contributed by atoms with Crippen molar-refractivity contribution >= 4 is 16.1 Å². The summed E-state index contributed by atoms with van der Waals surface area (Å²) in [6.45, 7) is 7.05. The van der Waals surface area contributed by atoms with Crippen molar-refractivity contribution in [3.8, 4) is 0 Å². The SMILES string of the molecule is CCC(C)(C)C(=O)OCC[N+](C)(C)CCCS(=O)(=O)[O-]. The second-order valence-electron chi connectivity index (χ2n) is 6.37. The minimum absolute atomic E-state index is 0.220. The Kier molecular flexibility index (Phi) is 7.13. The molecule has 0 heterocycles. The molecule has 0 atom stereocenters. The third kappa shape index (κ3) is 8.50. The maximum absolute atomic E-state index is 11.8. The van der Waals surface area contributed by atoms with E-state index in [1.807, 2.05) is 34.9 Å². The lowest BCUT2D eigenvalue weighted by Gasteiger charge is -2.30. The molecule has 120 valence electrons. The highest BCUT2D eigenvalue weighted by molar-refractivity contribution is 7.85. The molecule has 0 aliphatic heterocycles. The van der Waals surface area contributed by atoms with Crippen LogP contribution in [-0.2, 0) is 19.6 Å². The van der Waals surface area contributed by atoms with Crippen LogP contribution >= 0.6 is 0 Å². The van der Waals surface area contributed by atoms with E-state index in [4.69, 9.17) is 4.74 Å². The van der Waals surface area contributed by atoms with Crippen molar-refractivity contribution in [2.75, 3.05) is 39.5 Å². The lowest BCUT2D eigenvalue weighted by molar-refractivity contribution is -0.890. The topological polar surface area (TPSA) is 83.5 Å². The van der Waals surface area contributed by atoms with E-state index in [1.165, 1.54) is 0 Å². The number of ether oxygens (including phenoxy) is 1. The first-order valence-electron chi connectivity index (χ1n) is 6.82. The highest BCUT2D eigenvalue weighted by Crippen LogP contribution is 2.21. The summed E-state index contributed by atoms with van der Waals surface area (Å²) < 4.78 is 37.4. The standard InChI is InChI=1S/C13H27NO5S/c1-6-13(2,3)12(15)19-10-9-14(4,5)8-7-11-20(16,17)18/h6-11H2,1-5H3. The molecule has 0 saturated heterocycles. The summed E-state index contributed by atoms with van der Waals surface area (Å²) in [5.41, 5.74) is -0.478. The van der Waals surface area contributed by atoms with Gasteiger partial charge in [0, 0.05) is 12.2 Å². The predicted octanol–water partition coefficient (Wildman–Crippen LogP) is 0.978. The molecule has 6 nitrogen and oxygen atoms in total. The molecular weight excluding hydrogens is 282 g/mol. The van der Waals surface area contributed by atoms with Crippen molar-refractivity contribution in [1.29, 1.82) is 0 Å². The molecule has 0 radical (unpaired) electrons. The van der Waals surface area contributed by atoms with Crippen LogP contribution in [0.3, 0.4) is 0 Å². The highest BCUT2D eigenvalue weighted by Gasteiger charge is 2.27. The number of carbonyl (C=O) groups excluding carboxylic acids is 1.